The molecule has 2 aromatic carbocycles. The molecule has 4 nitrogen and oxygen atoms in total. The van der Waals surface area contributed by atoms with E-state index in [1.165, 1.54) is 0 Å². The van der Waals surface area contributed by atoms with Gasteiger partial charge in [0.1, 0.15) is 6.29 Å². The Hall–Kier alpha value is -2.20. The minimum absolute atomic E-state index is 0.0469. The third-order valence-corrected chi connectivity index (χ3v) is 4.36. The summed E-state index contributed by atoms with van der Waals surface area (Å²) >= 11 is 0. The van der Waals surface area contributed by atoms with Gasteiger partial charge in [0.2, 0.25) is 5.91 Å². The fourth-order valence-electron chi connectivity index (χ4n) is 3.09. The number of ether oxygens (including phenoxy) is 1. The highest BCUT2D eigenvalue weighted by molar-refractivity contribution is 5.86. The minimum atomic E-state index is -0.281. The highest BCUT2D eigenvalue weighted by atomic mass is 16.5. The van der Waals surface area contributed by atoms with E-state index < -0.39 is 0 Å². The maximum absolute atomic E-state index is 12.3. The van der Waals surface area contributed by atoms with Crippen molar-refractivity contribution >= 4 is 23.0 Å². The summed E-state index contributed by atoms with van der Waals surface area (Å²) in [4.78, 5) is 25.6. The maximum atomic E-state index is 12.3. The van der Waals surface area contributed by atoms with Crippen molar-refractivity contribution in [1.29, 1.82) is 0 Å². The van der Waals surface area contributed by atoms with Crippen LogP contribution in [-0.4, -0.2) is 43.4 Å². The van der Waals surface area contributed by atoms with Gasteiger partial charge in [-0.25, -0.2) is 0 Å². The van der Waals surface area contributed by atoms with Crippen LogP contribution in [0.2, 0.25) is 0 Å². The van der Waals surface area contributed by atoms with Crippen LogP contribution in [0, 0.1) is 5.92 Å². The second kappa shape index (κ2) is 7.38. The van der Waals surface area contributed by atoms with Gasteiger partial charge in [0.25, 0.3) is 0 Å². The Morgan fingerprint density at radius 1 is 1.13 bits per heavy atom. The predicted molar refractivity (Wildman–Crippen MR) is 89.2 cm³/mol. The first-order chi connectivity index (χ1) is 11.3. The number of fused-ring (bicyclic) bond motifs is 1. The van der Waals surface area contributed by atoms with Gasteiger partial charge in [-0.1, -0.05) is 42.5 Å². The topological polar surface area (TPSA) is 46.6 Å². The van der Waals surface area contributed by atoms with E-state index in [4.69, 9.17) is 4.74 Å². The Kier molecular flexibility index (Phi) is 5.03. The predicted octanol–water partition coefficient (Wildman–Crippen LogP) is 2.45. The van der Waals surface area contributed by atoms with Gasteiger partial charge >= 0.3 is 0 Å². The standard InChI is InChI=1S/C19H21NO3/c21-14-15(13-19(22)20-8-10-23-11-9-20)12-17-6-3-5-16-4-1-2-7-18(16)17/h1-7,14-15H,8-13H2/t15-/m1/s1. The van der Waals surface area contributed by atoms with Crippen molar-refractivity contribution < 1.29 is 14.3 Å². The molecule has 0 N–H and O–H groups in total. The molecule has 0 spiro atoms. The lowest BCUT2D eigenvalue weighted by Crippen LogP contribution is -2.41. The minimum Gasteiger partial charge on any atom is -0.378 e. The number of nitrogens with zero attached hydrogens (tertiary/aromatic N) is 1. The third-order valence-electron chi connectivity index (χ3n) is 4.36. The monoisotopic (exact) mass is 311 g/mol. The lowest BCUT2D eigenvalue weighted by atomic mass is 9.93. The van der Waals surface area contributed by atoms with Crippen LogP contribution in [-0.2, 0) is 20.7 Å². The zero-order valence-electron chi connectivity index (χ0n) is 13.1. The van der Waals surface area contributed by atoms with Crippen molar-refractivity contribution in [1.82, 2.24) is 4.90 Å². The highest BCUT2D eigenvalue weighted by Gasteiger charge is 2.21. The maximum Gasteiger partial charge on any atom is 0.223 e. The number of carbonyl (C=O) groups excluding carboxylic acids is 2. The molecule has 0 unspecified atom stereocenters. The Bertz CT molecular complexity index is 687. The number of rotatable bonds is 5. The van der Waals surface area contributed by atoms with E-state index in [1.807, 2.05) is 24.3 Å². The number of morpholine rings is 1. The Balaban J connectivity index is 1.71. The Labute approximate surface area is 136 Å². The molecule has 2 aromatic rings. The molecule has 0 saturated carbocycles. The van der Waals surface area contributed by atoms with Crippen LogP contribution < -0.4 is 0 Å². The second-order valence-corrected chi connectivity index (χ2v) is 5.94. The summed E-state index contributed by atoms with van der Waals surface area (Å²) in [5, 5.41) is 2.31. The van der Waals surface area contributed by atoms with Crippen molar-refractivity contribution in [3.63, 3.8) is 0 Å². The summed E-state index contributed by atoms with van der Waals surface area (Å²) < 4.78 is 5.26. The first kappa shape index (κ1) is 15.7. The summed E-state index contributed by atoms with van der Waals surface area (Å²) in [5.74, 6) is -0.234. The molecule has 1 atom stereocenters. The third kappa shape index (κ3) is 3.77. The Morgan fingerprint density at radius 3 is 2.65 bits per heavy atom. The summed E-state index contributed by atoms with van der Waals surface area (Å²) in [6.07, 6.45) is 1.79. The zero-order chi connectivity index (χ0) is 16.1. The molecule has 0 aromatic heterocycles. The van der Waals surface area contributed by atoms with Gasteiger partial charge in [0.15, 0.2) is 0 Å². The van der Waals surface area contributed by atoms with Crippen LogP contribution in [0.15, 0.2) is 42.5 Å². The number of aldehydes is 1. The van der Waals surface area contributed by atoms with E-state index in [2.05, 4.69) is 18.2 Å². The zero-order valence-corrected chi connectivity index (χ0v) is 13.1. The number of carbonyl (C=O) groups is 2. The van der Waals surface area contributed by atoms with Crippen LogP contribution in [0.3, 0.4) is 0 Å². The Morgan fingerprint density at radius 2 is 1.87 bits per heavy atom. The molecule has 1 saturated heterocycles. The van der Waals surface area contributed by atoms with Gasteiger partial charge in [-0.2, -0.15) is 0 Å². The quantitative estimate of drug-likeness (QED) is 0.797. The molecule has 1 aliphatic heterocycles. The molecule has 1 fully saturated rings. The van der Waals surface area contributed by atoms with Crippen molar-refractivity contribution in [2.75, 3.05) is 26.3 Å². The second-order valence-electron chi connectivity index (χ2n) is 5.94. The van der Waals surface area contributed by atoms with Gasteiger partial charge < -0.3 is 14.4 Å². The van der Waals surface area contributed by atoms with Crippen molar-refractivity contribution in [3.05, 3.63) is 48.0 Å². The molecular weight excluding hydrogens is 290 g/mol. The van der Waals surface area contributed by atoms with Gasteiger partial charge in [0.05, 0.1) is 13.2 Å². The molecule has 1 amide bonds. The van der Waals surface area contributed by atoms with Crippen molar-refractivity contribution in [2.45, 2.75) is 12.8 Å². The molecule has 23 heavy (non-hydrogen) atoms. The molecule has 0 bridgehead atoms. The molecule has 3 rings (SSSR count). The molecule has 0 radical (unpaired) electrons. The van der Waals surface area contributed by atoms with E-state index in [9.17, 15) is 9.59 Å². The number of benzene rings is 2. The lowest BCUT2D eigenvalue weighted by Gasteiger charge is -2.27. The summed E-state index contributed by atoms with van der Waals surface area (Å²) in [5.41, 5.74) is 1.12. The van der Waals surface area contributed by atoms with E-state index in [0.717, 1.165) is 22.6 Å². The van der Waals surface area contributed by atoms with E-state index in [1.54, 1.807) is 4.90 Å². The molecule has 120 valence electrons. The first-order valence-electron chi connectivity index (χ1n) is 8.05. The van der Waals surface area contributed by atoms with Gasteiger partial charge in [-0.3, -0.25) is 4.79 Å². The van der Waals surface area contributed by atoms with Crippen molar-refractivity contribution in [2.24, 2.45) is 5.92 Å². The SMILES string of the molecule is O=C[C@@H](CC(=O)N1CCOCC1)Cc1cccc2ccccc12. The molecule has 0 aliphatic carbocycles. The number of hydrogen-bond acceptors (Lipinski definition) is 3. The van der Waals surface area contributed by atoms with Crippen LogP contribution >= 0.6 is 0 Å². The lowest BCUT2D eigenvalue weighted by molar-refractivity contribution is -0.137. The fourth-order valence-corrected chi connectivity index (χ4v) is 3.09. The summed E-state index contributed by atoms with van der Waals surface area (Å²) in [6.45, 7) is 2.42. The number of hydrogen-bond donors (Lipinski definition) is 0. The average Bonchev–Trinajstić information content (AvgIpc) is 2.62. The average molecular weight is 311 g/mol. The largest absolute Gasteiger partial charge is 0.378 e. The summed E-state index contributed by atoms with van der Waals surface area (Å²) in [7, 11) is 0. The van der Waals surface area contributed by atoms with Crippen LogP contribution in [0.25, 0.3) is 10.8 Å². The van der Waals surface area contributed by atoms with Crippen LogP contribution in [0.1, 0.15) is 12.0 Å². The van der Waals surface area contributed by atoms with E-state index in [-0.39, 0.29) is 18.2 Å². The number of amides is 1. The molecular formula is C19H21NO3. The first-order valence-corrected chi connectivity index (χ1v) is 8.05. The van der Waals surface area contributed by atoms with Crippen molar-refractivity contribution in [3.8, 4) is 0 Å². The van der Waals surface area contributed by atoms with Gasteiger partial charge in [-0.15, -0.1) is 0 Å². The summed E-state index contributed by atoms with van der Waals surface area (Å²) in [6, 6.07) is 14.2. The normalized spacial score (nSPS) is 16.3. The molecule has 1 aliphatic rings. The highest BCUT2D eigenvalue weighted by Crippen LogP contribution is 2.22. The van der Waals surface area contributed by atoms with Gasteiger partial charge in [0, 0.05) is 25.4 Å². The van der Waals surface area contributed by atoms with E-state index >= 15 is 0 Å². The van der Waals surface area contributed by atoms with Crippen LogP contribution in [0.5, 0.6) is 0 Å². The fraction of sp³-hybridized carbons (Fsp3) is 0.368. The smallest absolute Gasteiger partial charge is 0.223 e. The molecule has 4 heteroatoms. The van der Waals surface area contributed by atoms with Gasteiger partial charge in [-0.05, 0) is 22.8 Å². The van der Waals surface area contributed by atoms with Crippen LogP contribution in [0.4, 0.5) is 0 Å². The molecule has 1 heterocycles. The van der Waals surface area contributed by atoms with E-state index in [0.29, 0.717) is 32.7 Å².